The van der Waals surface area contributed by atoms with Gasteiger partial charge in [0.1, 0.15) is 36.3 Å². The highest BCUT2D eigenvalue weighted by Crippen LogP contribution is 2.50. The second kappa shape index (κ2) is 15.2. The lowest BCUT2D eigenvalue weighted by Gasteiger charge is -2.44. The molecule has 2 aliphatic rings. The maximum absolute atomic E-state index is 15.8. The highest BCUT2D eigenvalue weighted by atomic mass is 19.1. The molecule has 1 aliphatic carbocycles. The number of ether oxygens (including phenoxy) is 4. The monoisotopic (exact) mass is 603 g/mol. The molecule has 0 saturated carbocycles. The molecule has 2 atom stereocenters. The molecule has 0 fully saturated rings. The Kier molecular flexibility index (Phi) is 11.7. The molecule has 43 heavy (non-hydrogen) atoms. The van der Waals surface area contributed by atoms with E-state index in [1.807, 2.05) is 30.0 Å². The first kappa shape index (κ1) is 33.0. The molecule has 0 aromatic heterocycles. The van der Waals surface area contributed by atoms with E-state index in [1.54, 1.807) is 6.92 Å². The number of nitrogens with zero attached hydrogens (tertiary/aromatic N) is 1. The SMILES string of the molecule is CCOC(=O)COCCCCCOCCOc1cc(F)c([C@@H]2C3=C(C[C@@H](C)N2CC(C)(C)F)c2ccccc2C3)c(F)c1. The molecule has 0 bridgehead atoms. The van der Waals surface area contributed by atoms with Crippen molar-refractivity contribution in [3.63, 3.8) is 0 Å². The number of hydrogen-bond donors (Lipinski definition) is 0. The fraction of sp³-hybridized carbons (Fsp3) is 0.559. The smallest absolute Gasteiger partial charge is 0.332 e. The fourth-order valence-electron chi connectivity index (χ4n) is 6.01. The molecule has 0 saturated heterocycles. The molecule has 0 radical (unpaired) electrons. The number of carbonyl (C=O) groups excluding carboxylic acids is 1. The van der Waals surface area contributed by atoms with Crippen molar-refractivity contribution in [3.8, 4) is 5.75 Å². The average molecular weight is 604 g/mol. The average Bonchev–Trinajstić information content (AvgIpc) is 3.30. The number of carbonyl (C=O) groups is 1. The van der Waals surface area contributed by atoms with Crippen molar-refractivity contribution in [2.24, 2.45) is 0 Å². The van der Waals surface area contributed by atoms with Crippen molar-refractivity contribution in [1.82, 2.24) is 4.90 Å². The summed E-state index contributed by atoms with van der Waals surface area (Å²) >= 11 is 0. The zero-order valence-electron chi connectivity index (χ0n) is 25.7. The maximum atomic E-state index is 15.8. The molecule has 0 N–H and O–H groups in total. The Hall–Kier alpha value is -2.88. The minimum atomic E-state index is -1.54. The summed E-state index contributed by atoms with van der Waals surface area (Å²) in [5, 5.41) is 0. The van der Waals surface area contributed by atoms with E-state index >= 15 is 8.78 Å². The molecular formula is C34H44F3NO5. The lowest BCUT2D eigenvalue weighted by atomic mass is 9.84. The van der Waals surface area contributed by atoms with Crippen LogP contribution in [0.1, 0.15) is 76.1 Å². The van der Waals surface area contributed by atoms with Crippen LogP contribution in [0.25, 0.3) is 5.57 Å². The van der Waals surface area contributed by atoms with Crippen LogP contribution in [-0.4, -0.2) is 68.8 Å². The molecule has 1 heterocycles. The third-order valence-corrected chi connectivity index (χ3v) is 7.82. The van der Waals surface area contributed by atoms with Gasteiger partial charge in [-0.2, -0.15) is 0 Å². The van der Waals surface area contributed by atoms with Gasteiger partial charge in [-0.3, -0.25) is 4.90 Å². The minimum Gasteiger partial charge on any atom is -0.491 e. The standard InChI is InChI=1S/C34H44F3NO5/c1-5-42-31(39)21-41-14-10-6-9-13-40-15-16-43-25-19-29(35)32(30(36)20-25)33-28-18-24-11-7-8-12-26(24)27(28)17-23(2)38(33)22-34(3,4)37/h7-8,11-12,19-20,23,33H,5-6,9-10,13-18,21-22H2,1-4H3/t23-,33+/m1/s1. The Morgan fingerprint density at radius 1 is 1.00 bits per heavy atom. The topological polar surface area (TPSA) is 57.2 Å². The van der Waals surface area contributed by atoms with Crippen LogP contribution in [0.3, 0.4) is 0 Å². The number of rotatable bonds is 16. The number of unbranched alkanes of at least 4 members (excludes halogenated alkanes) is 2. The fourth-order valence-corrected chi connectivity index (χ4v) is 6.01. The highest BCUT2D eigenvalue weighted by Gasteiger charge is 2.43. The van der Waals surface area contributed by atoms with E-state index in [2.05, 4.69) is 6.07 Å². The summed E-state index contributed by atoms with van der Waals surface area (Å²) < 4.78 is 67.8. The quantitative estimate of drug-likeness (QED) is 0.152. The van der Waals surface area contributed by atoms with Gasteiger partial charge in [0, 0.05) is 43.5 Å². The molecule has 0 spiro atoms. The van der Waals surface area contributed by atoms with Crippen LogP contribution in [0.15, 0.2) is 42.0 Å². The Morgan fingerprint density at radius 3 is 2.40 bits per heavy atom. The Morgan fingerprint density at radius 2 is 1.70 bits per heavy atom. The van der Waals surface area contributed by atoms with Crippen LogP contribution >= 0.6 is 0 Å². The first-order chi connectivity index (χ1) is 20.6. The normalized spacial score (nSPS) is 18.5. The second-order valence-corrected chi connectivity index (χ2v) is 11.9. The van der Waals surface area contributed by atoms with Gasteiger partial charge in [0.15, 0.2) is 0 Å². The van der Waals surface area contributed by atoms with Crippen molar-refractivity contribution in [3.05, 3.63) is 70.3 Å². The number of esters is 1. The lowest BCUT2D eigenvalue weighted by molar-refractivity contribution is -0.148. The van der Waals surface area contributed by atoms with Crippen molar-refractivity contribution in [2.75, 3.05) is 46.2 Å². The van der Waals surface area contributed by atoms with Gasteiger partial charge in [-0.1, -0.05) is 24.3 Å². The molecule has 0 amide bonds. The number of hydrogen-bond acceptors (Lipinski definition) is 6. The number of halogens is 3. The Balaban J connectivity index is 1.33. The van der Waals surface area contributed by atoms with Crippen molar-refractivity contribution in [1.29, 1.82) is 0 Å². The molecule has 4 rings (SSSR count). The van der Waals surface area contributed by atoms with Crippen LogP contribution < -0.4 is 4.74 Å². The van der Waals surface area contributed by atoms with E-state index in [1.165, 1.54) is 26.0 Å². The summed E-state index contributed by atoms with van der Waals surface area (Å²) in [6.45, 7) is 8.52. The van der Waals surface area contributed by atoms with Crippen LogP contribution in [0.2, 0.25) is 0 Å². The summed E-state index contributed by atoms with van der Waals surface area (Å²) in [7, 11) is 0. The Bertz CT molecular complexity index is 1250. The summed E-state index contributed by atoms with van der Waals surface area (Å²) in [6, 6.07) is 9.68. The Labute approximate surface area is 253 Å². The zero-order valence-corrected chi connectivity index (χ0v) is 25.7. The van der Waals surface area contributed by atoms with Gasteiger partial charge in [-0.25, -0.2) is 18.0 Å². The van der Waals surface area contributed by atoms with E-state index < -0.39 is 23.3 Å². The number of benzene rings is 2. The largest absolute Gasteiger partial charge is 0.491 e. The van der Waals surface area contributed by atoms with Crippen LogP contribution in [0.4, 0.5) is 13.2 Å². The van der Waals surface area contributed by atoms with Crippen molar-refractivity contribution < 1.29 is 36.9 Å². The predicted molar refractivity (Wildman–Crippen MR) is 160 cm³/mol. The van der Waals surface area contributed by atoms with E-state index in [0.717, 1.165) is 41.5 Å². The predicted octanol–water partition coefficient (Wildman–Crippen LogP) is 7.00. The van der Waals surface area contributed by atoms with E-state index in [0.29, 0.717) is 32.7 Å². The van der Waals surface area contributed by atoms with Gasteiger partial charge in [-0.05, 0) is 82.1 Å². The first-order valence-electron chi connectivity index (χ1n) is 15.3. The number of fused-ring (bicyclic) bond motifs is 2. The van der Waals surface area contributed by atoms with E-state index in [-0.39, 0.29) is 49.7 Å². The van der Waals surface area contributed by atoms with Gasteiger partial charge >= 0.3 is 5.97 Å². The van der Waals surface area contributed by atoms with Gasteiger partial charge in [0.05, 0.1) is 19.3 Å². The molecule has 6 nitrogen and oxygen atoms in total. The number of alkyl halides is 1. The molecule has 9 heteroatoms. The highest BCUT2D eigenvalue weighted by molar-refractivity contribution is 5.79. The van der Waals surface area contributed by atoms with Gasteiger partial charge in [0.25, 0.3) is 0 Å². The van der Waals surface area contributed by atoms with Crippen LogP contribution in [-0.2, 0) is 25.4 Å². The summed E-state index contributed by atoms with van der Waals surface area (Å²) in [4.78, 5) is 13.1. The third kappa shape index (κ3) is 8.83. The molecule has 2 aromatic carbocycles. The third-order valence-electron chi connectivity index (χ3n) is 7.82. The summed E-state index contributed by atoms with van der Waals surface area (Å²) in [6.07, 6.45) is 3.78. The molecule has 2 aromatic rings. The molecule has 236 valence electrons. The first-order valence-corrected chi connectivity index (χ1v) is 15.3. The van der Waals surface area contributed by atoms with Gasteiger partial charge in [0.2, 0.25) is 0 Å². The zero-order chi connectivity index (χ0) is 31.0. The summed E-state index contributed by atoms with van der Waals surface area (Å²) in [5.74, 6) is -1.68. The molecular weight excluding hydrogens is 559 g/mol. The van der Waals surface area contributed by atoms with Gasteiger partial charge < -0.3 is 18.9 Å². The van der Waals surface area contributed by atoms with Crippen molar-refractivity contribution in [2.45, 2.75) is 77.6 Å². The molecule has 1 aliphatic heterocycles. The van der Waals surface area contributed by atoms with E-state index in [4.69, 9.17) is 18.9 Å². The van der Waals surface area contributed by atoms with Crippen LogP contribution in [0, 0.1) is 11.6 Å². The second-order valence-electron chi connectivity index (χ2n) is 11.9. The van der Waals surface area contributed by atoms with Gasteiger partial charge in [-0.15, -0.1) is 0 Å². The van der Waals surface area contributed by atoms with E-state index in [9.17, 15) is 9.18 Å². The molecule has 0 unspecified atom stereocenters. The summed E-state index contributed by atoms with van der Waals surface area (Å²) in [5.41, 5.74) is 2.70. The lowest BCUT2D eigenvalue weighted by Crippen LogP contribution is -2.47. The van der Waals surface area contributed by atoms with Crippen LogP contribution in [0.5, 0.6) is 5.75 Å². The minimum absolute atomic E-state index is 0.0369. The maximum Gasteiger partial charge on any atom is 0.332 e. The van der Waals surface area contributed by atoms with Crippen molar-refractivity contribution >= 4 is 11.5 Å².